The molecule has 0 aliphatic heterocycles. The van der Waals surface area contributed by atoms with Crippen LogP contribution in [0.2, 0.25) is 0 Å². The van der Waals surface area contributed by atoms with Gasteiger partial charge in [-0.2, -0.15) is 0 Å². The summed E-state index contributed by atoms with van der Waals surface area (Å²) in [5.74, 6) is 0. The maximum absolute atomic E-state index is 6.30. The zero-order valence-electron chi connectivity index (χ0n) is 30.7. The van der Waals surface area contributed by atoms with Crippen molar-refractivity contribution in [3.05, 3.63) is 0 Å². The van der Waals surface area contributed by atoms with E-state index in [9.17, 15) is 0 Å². The monoisotopic (exact) mass is 639 g/mol. The van der Waals surface area contributed by atoms with Crippen LogP contribution in [0.5, 0.6) is 0 Å². The van der Waals surface area contributed by atoms with E-state index in [1.54, 1.807) is 0 Å². The molecule has 0 aromatic rings. The third kappa shape index (κ3) is 22.2. The molecule has 0 amide bonds. The van der Waals surface area contributed by atoms with Crippen LogP contribution in [0.15, 0.2) is 0 Å². The minimum atomic E-state index is -0.308. The van der Waals surface area contributed by atoms with Crippen molar-refractivity contribution in [2.75, 3.05) is 119 Å². The van der Waals surface area contributed by atoms with E-state index in [-0.39, 0.29) is 16.2 Å². The molecule has 0 fully saturated rings. The first-order valence-electron chi connectivity index (χ1n) is 17.5. The highest BCUT2D eigenvalue weighted by atomic mass is 16.5. The molecule has 9 heteroatoms. The van der Waals surface area contributed by atoms with Crippen LogP contribution in [0.1, 0.15) is 94.9 Å². The Morgan fingerprint density at radius 3 is 0.636 bits per heavy atom. The molecule has 0 bridgehead atoms. The van der Waals surface area contributed by atoms with Gasteiger partial charge in [0.25, 0.3) is 0 Å². The fraction of sp³-hybridized carbons (Fsp3) is 1.00. The predicted molar refractivity (Wildman–Crippen MR) is 180 cm³/mol. The van der Waals surface area contributed by atoms with Crippen LogP contribution in [-0.4, -0.2) is 119 Å². The molecule has 0 aliphatic carbocycles. The molecular weight excluding hydrogens is 564 g/mol. The largest absolute Gasteiger partial charge is 0.381 e. The highest BCUT2D eigenvalue weighted by Gasteiger charge is 2.36. The van der Waals surface area contributed by atoms with E-state index in [2.05, 4.69) is 13.8 Å². The van der Waals surface area contributed by atoms with Crippen LogP contribution >= 0.6 is 0 Å². The van der Waals surface area contributed by atoms with Gasteiger partial charge in [-0.3, -0.25) is 0 Å². The second-order valence-corrected chi connectivity index (χ2v) is 11.6. The van der Waals surface area contributed by atoms with Gasteiger partial charge in [-0.25, -0.2) is 0 Å². The summed E-state index contributed by atoms with van der Waals surface area (Å²) in [6, 6.07) is 0. The molecule has 0 heterocycles. The fourth-order valence-corrected chi connectivity index (χ4v) is 5.03. The topological polar surface area (TPSA) is 83.1 Å². The van der Waals surface area contributed by atoms with Crippen molar-refractivity contribution in [3.63, 3.8) is 0 Å². The average Bonchev–Trinajstić information content (AvgIpc) is 3.04. The molecule has 0 N–H and O–H groups in total. The van der Waals surface area contributed by atoms with Crippen LogP contribution in [0.3, 0.4) is 0 Å². The lowest BCUT2D eigenvalue weighted by Gasteiger charge is -2.36. The first kappa shape index (κ1) is 45.8. The smallest absolute Gasteiger partial charge is 0.0637 e. The summed E-state index contributed by atoms with van der Waals surface area (Å²) in [7, 11) is 0. The van der Waals surface area contributed by atoms with E-state index in [0.29, 0.717) is 79.3 Å². The van der Waals surface area contributed by atoms with E-state index >= 15 is 0 Å². The van der Waals surface area contributed by atoms with Gasteiger partial charge in [-0.1, -0.05) is 26.7 Å². The van der Waals surface area contributed by atoms with Gasteiger partial charge in [0.15, 0.2) is 0 Å². The third-order valence-electron chi connectivity index (χ3n) is 7.28. The summed E-state index contributed by atoms with van der Waals surface area (Å²) in [4.78, 5) is 0. The van der Waals surface area contributed by atoms with Crippen LogP contribution in [0.4, 0.5) is 0 Å². The third-order valence-corrected chi connectivity index (χ3v) is 7.28. The zero-order valence-corrected chi connectivity index (χ0v) is 30.7. The van der Waals surface area contributed by atoms with Gasteiger partial charge >= 0.3 is 0 Å². The molecule has 44 heavy (non-hydrogen) atoms. The Balaban J connectivity index is 0. The SMILES string of the molecule is CCCC(COCC)(COCC)COCC.CCCC(COCC)(COCC)COCC(COCC)(COCC)COCC. The summed E-state index contributed by atoms with van der Waals surface area (Å²) >= 11 is 0. The fourth-order valence-electron chi connectivity index (χ4n) is 5.03. The van der Waals surface area contributed by atoms with Crippen LogP contribution in [0.25, 0.3) is 0 Å². The van der Waals surface area contributed by atoms with Crippen molar-refractivity contribution in [2.24, 2.45) is 16.2 Å². The molecule has 268 valence electrons. The molecule has 0 radical (unpaired) electrons. The van der Waals surface area contributed by atoms with Crippen molar-refractivity contribution in [1.29, 1.82) is 0 Å². The molecular formula is C35H74O9. The molecule has 0 atom stereocenters. The number of hydrogen-bond donors (Lipinski definition) is 0. The van der Waals surface area contributed by atoms with Gasteiger partial charge in [0.1, 0.15) is 0 Å². The predicted octanol–water partition coefficient (Wildman–Crippen LogP) is 6.84. The second kappa shape index (κ2) is 31.3. The quantitative estimate of drug-likeness (QED) is 0.0786. The summed E-state index contributed by atoms with van der Waals surface area (Å²) in [5, 5.41) is 0. The Morgan fingerprint density at radius 2 is 0.432 bits per heavy atom. The van der Waals surface area contributed by atoms with Gasteiger partial charge in [0.2, 0.25) is 0 Å². The van der Waals surface area contributed by atoms with E-state index in [4.69, 9.17) is 42.6 Å². The Labute approximate surface area is 272 Å². The van der Waals surface area contributed by atoms with Gasteiger partial charge in [0, 0.05) is 63.7 Å². The molecule has 0 saturated carbocycles. The number of ether oxygens (including phenoxy) is 9. The Bertz CT molecular complexity index is 525. The molecule has 0 rings (SSSR count). The number of rotatable bonds is 32. The van der Waals surface area contributed by atoms with Gasteiger partial charge < -0.3 is 42.6 Å². The van der Waals surface area contributed by atoms with E-state index < -0.39 is 0 Å². The summed E-state index contributed by atoms with van der Waals surface area (Å²) in [6.45, 7) is 32.4. The first-order chi connectivity index (χ1) is 21.3. The van der Waals surface area contributed by atoms with E-state index in [0.717, 1.165) is 65.3 Å². The lowest BCUT2D eigenvalue weighted by Crippen LogP contribution is -2.44. The Morgan fingerprint density at radius 1 is 0.250 bits per heavy atom. The second-order valence-electron chi connectivity index (χ2n) is 11.6. The minimum absolute atomic E-state index is 0.0385. The van der Waals surface area contributed by atoms with Crippen molar-refractivity contribution < 1.29 is 42.6 Å². The maximum Gasteiger partial charge on any atom is 0.0637 e. The summed E-state index contributed by atoms with van der Waals surface area (Å²) in [5.41, 5.74) is -0.399. The van der Waals surface area contributed by atoms with Crippen molar-refractivity contribution in [3.8, 4) is 0 Å². The lowest BCUT2D eigenvalue weighted by molar-refractivity contribution is -0.128. The summed E-state index contributed by atoms with van der Waals surface area (Å²) in [6.07, 6.45) is 4.29. The van der Waals surface area contributed by atoms with Crippen LogP contribution in [-0.2, 0) is 42.6 Å². The number of hydrogen-bond acceptors (Lipinski definition) is 9. The van der Waals surface area contributed by atoms with Crippen molar-refractivity contribution >= 4 is 0 Å². The minimum Gasteiger partial charge on any atom is -0.381 e. The molecule has 0 aromatic carbocycles. The standard InChI is InChI=1S/C22H46O6.C13H28O3/c1-7-13-21(14-23-8-2,15-24-9-3)16-28-20-22(17-25-10-4,18-26-11-5)19-27-12-6;1-5-9-13(10-14-6-2,11-15-7-3)12-16-8-4/h7-20H2,1-6H3;5-12H2,1-4H3. The van der Waals surface area contributed by atoms with Crippen LogP contribution in [0, 0.1) is 16.2 Å². The van der Waals surface area contributed by atoms with Gasteiger partial charge in [-0.15, -0.1) is 0 Å². The molecule has 0 spiro atoms. The Hall–Kier alpha value is -0.360. The average molecular weight is 639 g/mol. The highest BCUT2D eigenvalue weighted by Crippen LogP contribution is 2.29. The molecule has 0 saturated heterocycles. The zero-order chi connectivity index (χ0) is 33.4. The van der Waals surface area contributed by atoms with Gasteiger partial charge in [-0.05, 0) is 68.2 Å². The normalized spacial score (nSPS) is 12.4. The molecule has 0 unspecified atom stereocenters. The summed E-state index contributed by atoms with van der Waals surface area (Å²) < 4.78 is 51.9. The highest BCUT2D eigenvalue weighted by molar-refractivity contribution is 4.83. The van der Waals surface area contributed by atoms with Gasteiger partial charge in [0.05, 0.1) is 71.5 Å². The molecule has 0 aliphatic rings. The van der Waals surface area contributed by atoms with Crippen LogP contribution < -0.4 is 0 Å². The molecule has 0 aromatic heterocycles. The Kier molecular flexibility index (Phi) is 32.5. The van der Waals surface area contributed by atoms with Crippen molar-refractivity contribution in [2.45, 2.75) is 94.9 Å². The molecule has 9 nitrogen and oxygen atoms in total. The van der Waals surface area contributed by atoms with E-state index in [1.165, 1.54) is 0 Å². The van der Waals surface area contributed by atoms with Crippen molar-refractivity contribution in [1.82, 2.24) is 0 Å². The first-order valence-corrected chi connectivity index (χ1v) is 17.5. The maximum atomic E-state index is 6.30. The lowest BCUT2D eigenvalue weighted by atomic mass is 9.85. The van der Waals surface area contributed by atoms with E-state index in [1.807, 2.05) is 55.4 Å².